The lowest BCUT2D eigenvalue weighted by molar-refractivity contribution is 0.0697. The lowest BCUT2D eigenvalue weighted by Gasteiger charge is -2.31. The second kappa shape index (κ2) is 11.0. The molecule has 0 spiro atoms. The highest BCUT2D eigenvalue weighted by atomic mass is 32.2. The van der Waals surface area contributed by atoms with Crippen molar-refractivity contribution in [1.29, 1.82) is 0 Å². The van der Waals surface area contributed by atoms with Gasteiger partial charge in [-0.25, -0.2) is 13.2 Å². The maximum atomic E-state index is 13.1. The van der Waals surface area contributed by atoms with Crippen LogP contribution in [0.5, 0.6) is 0 Å². The van der Waals surface area contributed by atoms with E-state index in [9.17, 15) is 23.4 Å². The minimum Gasteiger partial charge on any atom is -0.478 e. The molecule has 0 bridgehead atoms. The fourth-order valence-corrected chi connectivity index (χ4v) is 7.74. The van der Waals surface area contributed by atoms with Crippen LogP contribution in [0, 0.1) is 5.92 Å². The Morgan fingerprint density at radius 1 is 1.11 bits per heavy atom. The maximum Gasteiger partial charge on any atom is 0.335 e. The van der Waals surface area contributed by atoms with Gasteiger partial charge in [0.2, 0.25) is 0 Å². The number of fused-ring (bicyclic) bond motifs is 1. The van der Waals surface area contributed by atoms with Gasteiger partial charge < -0.3 is 15.5 Å². The molecule has 1 heterocycles. The van der Waals surface area contributed by atoms with Crippen molar-refractivity contribution in [2.75, 3.05) is 20.1 Å². The standard InChI is InChI=1S/C28H34N2O5S2/c1-28(2,16-19-13-20-7-4-5-8-21(20)14-19)29-17-24(31)18-30(3)37(34,35)26-12-11-25(36-26)22-9-6-10-23(15-22)27(32)33/h4-12,15,19,24,29,31H,13-14,16-18H2,1-3H3,(H,32,33)/t24-/m0/s1. The van der Waals surface area contributed by atoms with Crippen molar-refractivity contribution in [3.05, 3.63) is 77.4 Å². The summed E-state index contributed by atoms with van der Waals surface area (Å²) in [5.74, 6) is -0.491. The Morgan fingerprint density at radius 2 is 1.78 bits per heavy atom. The van der Waals surface area contributed by atoms with Gasteiger partial charge in [0.05, 0.1) is 11.7 Å². The van der Waals surface area contributed by atoms with Gasteiger partial charge in [-0.3, -0.25) is 0 Å². The molecule has 0 amide bonds. The second-order valence-corrected chi connectivity index (χ2v) is 13.8. The molecule has 0 saturated heterocycles. The van der Waals surface area contributed by atoms with Gasteiger partial charge >= 0.3 is 5.97 Å². The number of nitrogens with one attached hydrogen (secondary N) is 1. The number of carboxylic acids is 1. The molecule has 2 aromatic carbocycles. The number of β-amino-alcohol motifs (C(OH)–C–C–N with tert-alkyl or cyclic N) is 1. The summed E-state index contributed by atoms with van der Waals surface area (Å²) in [6, 6.07) is 18.2. The van der Waals surface area contributed by atoms with Crippen LogP contribution in [0.1, 0.15) is 41.8 Å². The van der Waals surface area contributed by atoms with E-state index in [2.05, 4.69) is 43.4 Å². The summed E-state index contributed by atoms with van der Waals surface area (Å²) in [4.78, 5) is 11.9. The topological polar surface area (TPSA) is 107 Å². The van der Waals surface area contributed by atoms with Crippen LogP contribution < -0.4 is 5.32 Å². The number of likely N-dealkylation sites (N-methyl/N-ethyl adjacent to an activating group) is 1. The van der Waals surface area contributed by atoms with E-state index in [4.69, 9.17) is 0 Å². The van der Waals surface area contributed by atoms with Crippen LogP contribution in [0.3, 0.4) is 0 Å². The van der Waals surface area contributed by atoms with E-state index in [1.807, 2.05) is 0 Å². The number of sulfonamides is 1. The summed E-state index contributed by atoms with van der Waals surface area (Å²) in [6.45, 7) is 4.48. The summed E-state index contributed by atoms with van der Waals surface area (Å²) in [5.41, 5.74) is 3.43. The van der Waals surface area contributed by atoms with Crippen LogP contribution in [0.25, 0.3) is 10.4 Å². The smallest absolute Gasteiger partial charge is 0.335 e. The molecular weight excluding hydrogens is 508 g/mol. The first-order chi connectivity index (χ1) is 17.4. The molecule has 3 aromatic rings. The first-order valence-corrected chi connectivity index (χ1v) is 14.6. The molecule has 1 aliphatic carbocycles. The van der Waals surface area contributed by atoms with Crippen molar-refractivity contribution in [2.24, 2.45) is 5.92 Å². The third kappa shape index (κ3) is 6.66. The number of aromatic carboxylic acids is 1. The number of hydrogen-bond acceptors (Lipinski definition) is 6. The summed E-state index contributed by atoms with van der Waals surface area (Å²) >= 11 is 1.08. The van der Waals surface area contributed by atoms with E-state index in [0.717, 1.165) is 30.6 Å². The molecule has 1 atom stereocenters. The molecule has 7 nitrogen and oxygen atoms in total. The normalized spacial score (nSPS) is 15.2. The molecule has 0 aliphatic heterocycles. The van der Waals surface area contributed by atoms with Gasteiger partial charge in [0.1, 0.15) is 4.21 Å². The van der Waals surface area contributed by atoms with E-state index in [1.165, 1.54) is 40.7 Å². The molecule has 9 heteroatoms. The average molecular weight is 543 g/mol. The molecule has 3 N–H and O–H groups in total. The molecule has 0 fully saturated rings. The lowest BCUT2D eigenvalue weighted by atomic mass is 9.88. The number of thiophene rings is 1. The fourth-order valence-electron chi connectivity index (χ4n) is 5.01. The van der Waals surface area contributed by atoms with Gasteiger partial charge in [0, 0.05) is 30.6 Å². The number of aliphatic hydroxyl groups is 1. The number of nitrogens with zero attached hydrogens (tertiary/aromatic N) is 1. The van der Waals surface area contributed by atoms with Crippen LogP contribution in [0.4, 0.5) is 0 Å². The number of carboxylic acid groups (broad SMARTS) is 1. The highest BCUT2D eigenvalue weighted by Crippen LogP contribution is 2.33. The molecule has 198 valence electrons. The van der Waals surface area contributed by atoms with E-state index in [0.29, 0.717) is 16.4 Å². The number of carbonyl (C=O) groups is 1. The molecule has 0 saturated carbocycles. The third-order valence-electron chi connectivity index (χ3n) is 6.86. The van der Waals surface area contributed by atoms with Gasteiger partial charge in [-0.1, -0.05) is 36.4 Å². The number of hydrogen-bond donors (Lipinski definition) is 3. The Hall–Kier alpha value is -2.56. The second-order valence-electron chi connectivity index (χ2n) is 10.5. The Labute approximate surface area is 222 Å². The first-order valence-electron chi connectivity index (χ1n) is 12.3. The molecule has 0 radical (unpaired) electrons. The third-order valence-corrected chi connectivity index (χ3v) is 10.3. The van der Waals surface area contributed by atoms with Crippen LogP contribution >= 0.6 is 11.3 Å². The Bertz CT molecular complexity index is 1340. The summed E-state index contributed by atoms with van der Waals surface area (Å²) in [7, 11) is -2.34. The molecule has 37 heavy (non-hydrogen) atoms. The monoisotopic (exact) mass is 542 g/mol. The van der Waals surface area contributed by atoms with Gasteiger partial charge in [-0.05, 0) is 80.0 Å². The van der Waals surface area contributed by atoms with Crippen molar-refractivity contribution in [3.8, 4) is 10.4 Å². The summed E-state index contributed by atoms with van der Waals surface area (Å²) in [6.07, 6.45) is 2.22. The van der Waals surface area contributed by atoms with Gasteiger partial charge in [-0.15, -0.1) is 11.3 Å². The molecular formula is C28H34N2O5S2. The van der Waals surface area contributed by atoms with Crippen LogP contribution in [0.2, 0.25) is 0 Å². The number of benzene rings is 2. The minimum absolute atomic E-state index is 0.0397. The molecule has 1 aliphatic rings. The molecule has 1 aromatic heterocycles. The zero-order chi connectivity index (χ0) is 26.8. The number of aliphatic hydroxyl groups excluding tert-OH is 1. The molecule has 0 unspecified atom stereocenters. The van der Waals surface area contributed by atoms with Crippen molar-refractivity contribution < 1.29 is 23.4 Å². The molecule has 4 rings (SSSR count). The maximum absolute atomic E-state index is 13.1. The largest absolute Gasteiger partial charge is 0.478 e. The quantitative estimate of drug-likeness (QED) is 0.334. The fraction of sp³-hybridized carbons (Fsp3) is 0.393. The van der Waals surface area contributed by atoms with Crippen molar-refractivity contribution >= 4 is 27.3 Å². The highest BCUT2D eigenvalue weighted by molar-refractivity contribution is 7.91. The Balaban J connectivity index is 1.32. The van der Waals surface area contributed by atoms with Crippen molar-refractivity contribution in [2.45, 2.75) is 49.0 Å². The minimum atomic E-state index is -3.80. The van der Waals surface area contributed by atoms with E-state index < -0.39 is 22.1 Å². The summed E-state index contributed by atoms with van der Waals surface area (Å²) in [5, 5.41) is 23.3. The van der Waals surface area contributed by atoms with Crippen LogP contribution in [-0.4, -0.2) is 60.7 Å². The predicted molar refractivity (Wildman–Crippen MR) is 147 cm³/mol. The van der Waals surface area contributed by atoms with Crippen LogP contribution in [-0.2, 0) is 22.9 Å². The van der Waals surface area contributed by atoms with Crippen molar-refractivity contribution in [1.82, 2.24) is 9.62 Å². The Kier molecular flexibility index (Phi) is 8.20. The van der Waals surface area contributed by atoms with Crippen molar-refractivity contribution in [3.63, 3.8) is 0 Å². The highest BCUT2D eigenvalue weighted by Gasteiger charge is 2.30. The van der Waals surface area contributed by atoms with Crippen LogP contribution in [0.15, 0.2) is 64.9 Å². The zero-order valence-corrected chi connectivity index (χ0v) is 23.0. The van der Waals surface area contributed by atoms with Gasteiger partial charge in [-0.2, -0.15) is 4.31 Å². The van der Waals surface area contributed by atoms with E-state index >= 15 is 0 Å². The zero-order valence-electron chi connectivity index (χ0n) is 21.3. The Morgan fingerprint density at radius 3 is 2.43 bits per heavy atom. The summed E-state index contributed by atoms with van der Waals surface area (Å²) < 4.78 is 27.6. The predicted octanol–water partition coefficient (Wildman–Crippen LogP) is 4.27. The lowest BCUT2D eigenvalue weighted by Crippen LogP contribution is -2.47. The van der Waals surface area contributed by atoms with Gasteiger partial charge in [0.15, 0.2) is 0 Å². The van der Waals surface area contributed by atoms with E-state index in [-0.39, 0.29) is 28.4 Å². The van der Waals surface area contributed by atoms with E-state index in [1.54, 1.807) is 18.2 Å². The SMILES string of the molecule is CN(C[C@@H](O)CNC(C)(C)CC1Cc2ccccc2C1)S(=O)(=O)c1ccc(-c2cccc(C(=O)O)c2)s1. The number of rotatable bonds is 11. The average Bonchev–Trinajstić information content (AvgIpc) is 3.50. The van der Waals surface area contributed by atoms with Gasteiger partial charge in [0.25, 0.3) is 10.0 Å². The first kappa shape index (κ1) is 27.5.